The van der Waals surface area contributed by atoms with Gasteiger partial charge in [-0.2, -0.15) is 13.2 Å². The monoisotopic (exact) mass is 1190 g/mol. The number of alkyl halides is 3. The van der Waals surface area contributed by atoms with Crippen LogP contribution >= 0.6 is 0 Å². The Hall–Kier alpha value is -12.5. The molecule has 8 aromatic heterocycles. The predicted octanol–water partition coefficient (Wildman–Crippen LogP) is 18.6. The predicted molar refractivity (Wildman–Crippen MR) is 358 cm³/mol. The van der Waals surface area contributed by atoms with E-state index in [1.165, 1.54) is 25.3 Å². The molecule has 0 aliphatic heterocycles. The lowest BCUT2D eigenvalue weighted by molar-refractivity contribution is -0.137. The molecule has 18 rings (SSSR count). The van der Waals surface area contributed by atoms with Gasteiger partial charge in [-0.1, -0.05) is 127 Å². The highest BCUT2D eigenvalue weighted by atomic mass is 19.4. The van der Waals surface area contributed by atoms with E-state index < -0.39 is 11.7 Å². The summed E-state index contributed by atoms with van der Waals surface area (Å²) in [6, 6.07) is 65.5. The quantitative estimate of drug-likeness (QED) is 0.140. The van der Waals surface area contributed by atoms with Crippen LogP contribution in [0.25, 0.3) is 166 Å². The molecule has 0 amide bonds. The van der Waals surface area contributed by atoms with Crippen LogP contribution in [-0.4, -0.2) is 58.1 Å². The molecule has 0 aliphatic rings. The minimum Gasteiger partial charge on any atom is -0.306 e. The van der Waals surface area contributed by atoms with Crippen LogP contribution in [0, 0.1) is 0 Å². The SMILES string of the molecule is FC(F)(F)c1c(-n2c3ccccc3c3ccccc32)c(-n2c3ccc(-c4cncnc4)cc3c3cc(-c4cncnc4)ccc32)c(-c2ccccc2)c(-n2c3ccc(-c4cncnc4)cc3c3cc(-c4cncnc4)ccc32)c1-n1c2ccccc2c2ccccc21. The molecule has 0 unspecified atom stereocenters. The third-order valence-corrected chi connectivity index (χ3v) is 17.9. The first-order chi connectivity index (χ1) is 45.3. The van der Waals surface area contributed by atoms with Crippen molar-refractivity contribution in [3.05, 3.63) is 281 Å². The second-order valence-corrected chi connectivity index (χ2v) is 22.9. The van der Waals surface area contributed by atoms with Crippen molar-refractivity contribution in [1.29, 1.82) is 0 Å². The first-order valence-electron chi connectivity index (χ1n) is 29.9. The van der Waals surface area contributed by atoms with Crippen LogP contribution in [0.2, 0.25) is 0 Å². The summed E-state index contributed by atoms with van der Waals surface area (Å²) in [5.74, 6) is 0. The van der Waals surface area contributed by atoms with E-state index in [0.717, 1.165) is 87.6 Å². The molecule has 0 N–H and O–H groups in total. The Bertz CT molecular complexity index is 5340. The van der Waals surface area contributed by atoms with Crippen LogP contribution in [0.1, 0.15) is 5.56 Å². The Balaban J connectivity index is 1.14. The molecule has 0 spiro atoms. The smallest absolute Gasteiger partial charge is 0.306 e. The van der Waals surface area contributed by atoms with E-state index in [4.69, 9.17) is 0 Å². The van der Waals surface area contributed by atoms with Gasteiger partial charge in [-0.3, -0.25) is 0 Å². The highest BCUT2D eigenvalue weighted by Gasteiger charge is 2.45. The van der Waals surface area contributed by atoms with E-state index in [2.05, 4.69) is 73.3 Å². The summed E-state index contributed by atoms with van der Waals surface area (Å²) in [4.78, 5) is 35.3. The fraction of sp³-hybridized carbons (Fsp3) is 0.0130. The summed E-state index contributed by atoms with van der Waals surface area (Å²) in [6.07, 6.45) is 15.0. The van der Waals surface area contributed by atoms with Gasteiger partial charge in [-0.25, -0.2) is 39.9 Å². The first kappa shape index (κ1) is 52.6. The van der Waals surface area contributed by atoms with Gasteiger partial charge in [0.05, 0.1) is 66.9 Å². The second-order valence-electron chi connectivity index (χ2n) is 22.9. The van der Waals surface area contributed by atoms with Gasteiger partial charge in [0.25, 0.3) is 0 Å². The van der Waals surface area contributed by atoms with Crippen molar-refractivity contribution in [2.75, 3.05) is 0 Å². The van der Waals surface area contributed by atoms with E-state index in [9.17, 15) is 0 Å². The number of hydrogen-bond acceptors (Lipinski definition) is 8. The highest BCUT2D eigenvalue weighted by Crippen LogP contribution is 2.56. The zero-order valence-corrected chi connectivity index (χ0v) is 48.5. The van der Waals surface area contributed by atoms with E-state index in [1.54, 1.807) is 49.6 Å². The van der Waals surface area contributed by atoms with Crippen LogP contribution in [0.3, 0.4) is 0 Å². The van der Waals surface area contributed by atoms with Gasteiger partial charge < -0.3 is 18.3 Å². The lowest BCUT2D eigenvalue weighted by atomic mass is 9.92. The van der Waals surface area contributed by atoms with Gasteiger partial charge in [0.15, 0.2) is 0 Å². The van der Waals surface area contributed by atoms with Crippen LogP contribution in [0.5, 0.6) is 0 Å². The zero-order chi connectivity index (χ0) is 61.2. The number of benzene rings is 10. The lowest BCUT2D eigenvalue weighted by Crippen LogP contribution is -2.22. The van der Waals surface area contributed by atoms with E-state index in [-0.39, 0.29) is 22.7 Å². The summed E-state index contributed by atoms with van der Waals surface area (Å²) < 4.78 is 64.9. The Morgan fingerprint density at radius 1 is 0.228 bits per heavy atom. The van der Waals surface area contributed by atoms with Crippen molar-refractivity contribution in [1.82, 2.24) is 58.1 Å². The third kappa shape index (κ3) is 8.04. The summed E-state index contributed by atoms with van der Waals surface area (Å²) in [5.41, 5.74) is 12.1. The van der Waals surface area contributed by atoms with Crippen molar-refractivity contribution in [2.45, 2.75) is 6.18 Å². The number of aromatic nitrogens is 12. The molecule has 0 saturated heterocycles. The minimum absolute atomic E-state index is 0.0762. The van der Waals surface area contributed by atoms with Crippen molar-refractivity contribution in [2.24, 2.45) is 0 Å². The normalized spacial score (nSPS) is 12.1. The van der Waals surface area contributed by atoms with E-state index in [0.29, 0.717) is 55.3 Å². The maximum Gasteiger partial charge on any atom is 0.420 e. The minimum atomic E-state index is -5.11. The van der Waals surface area contributed by atoms with Crippen LogP contribution in [-0.2, 0) is 6.18 Å². The Kier molecular flexibility index (Phi) is 11.8. The molecule has 10 aromatic carbocycles. The molecule has 434 valence electrons. The Morgan fingerprint density at radius 3 is 0.761 bits per heavy atom. The van der Waals surface area contributed by atoms with Crippen LogP contribution in [0.4, 0.5) is 13.2 Å². The molecule has 0 aliphatic carbocycles. The third-order valence-electron chi connectivity index (χ3n) is 17.9. The molecule has 12 nitrogen and oxygen atoms in total. The van der Waals surface area contributed by atoms with Crippen molar-refractivity contribution in [3.63, 3.8) is 0 Å². The number of rotatable bonds is 9. The van der Waals surface area contributed by atoms with Crippen molar-refractivity contribution < 1.29 is 13.2 Å². The summed E-state index contributed by atoms with van der Waals surface area (Å²) >= 11 is 0. The van der Waals surface area contributed by atoms with E-state index in [1.807, 2.05) is 185 Å². The Labute approximate surface area is 521 Å². The Morgan fingerprint density at radius 2 is 0.478 bits per heavy atom. The highest BCUT2D eigenvalue weighted by molar-refractivity contribution is 6.18. The standard InChI is InChI=1S/C77H45F3N12/c78-77(79,80)72-75(91-63-18-8-4-14-55(63)56-15-5-9-19-64(56)91)73(89-67-26-22-47(51-34-81-42-82-35-51)30-59(67)60-31-48(23-27-68(60)89)52-36-83-43-84-37-52)71(46-12-2-1-3-13-46)74(76(72)92-65-20-10-6-16-57(65)58-17-7-11-21-66(58)92)90-69-28-24-49(53-38-85-44-86-39-53)32-61(69)62-33-50(25-29-70(62)90)54-40-87-45-88-41-54/h1-45H. The van der Waals surface area contributed by atoms with Gasteiger partial charge in [0.2, 0.25) is 0 Å². The maximum atomic E-state index is 19.0. The molecule has 0 fully saturated rings. The maximum absolute atomic E-state index is 19.0. The fourth-order valence-electron chi connectivity index (χ4n) is 14.1. The molecule has 18 aromatic rings. The average Bonchev–Trinajstić information content (AvgIpc) is 1.01. The number of para-hydroxylation sites is 4. The van der Waals surface area contributed by atoms with Crippen molar-refractivity contribution in [3.8, 4) is 78.4 Å². The van der Waals surface area contributed by atoms with Crippen LogP contribution in [0.15, 0.2) is 275 Å². The van der Waals surface area contributed by atoms with Gasteiger partial charge in [0.1, 0.15) is 30.9 Å². The molecular formula is C77H45F3N12. The van der Waals surface area contributed by atoms with Gasteiger partial charge >= 0.3 is 6.18 Å². The topological polar surface area (TPSA) is 123 Å². The molecule has 0 saturated carbocycles. The van der Waals surface area contributed by atoms with Gasteiger partial charge in [0, 0.05) is 120 Å². The van der Waals surface area contributed by atoms with Gasteiger partial charge in [-0.05, 0) is 101 Å². The zero-order valence-electron chi connectivity index (χ0n) is 48.5. The number of hydrogen-bond donors (Lipinski definition) is 0. The first-order valence-corrected chi connectivity index (χ1v) is 29.9. The molecule has 15 heteroatoms. The number of nitrogens with zero attached hydrogens (tertiary/aromatic N) is 12. The fourth-order valence-corrected chi connectivity index (χ4v) is 14.1. The number of halogens is 3. The number of fused-ring (bicyclic) bond motifs is 12. The van der Waals surface area contributed by atoms with Crippen LogP contribution < -0.4 is 0 Å². The summed E-state index contributed by atoms with van der Waals surface area (Å²) in [5, 5.41) is 6.28. The largest absolute Gasteiger partial charge is 0.420 e. The molecule has 0 radical (unpaired) electrons. The summed E-state index contributed by atoms with van der Waals surface area (Å²) in [6.45, 7) is 0. The lowest BCUT2D eigenvalue weighted by Gasteiger charge is -2.31. The average molecular weight is 1200 g/mol. The van der Waals surface area contributed by atoms with Gasteiger partial charge in [-0.15, -0.1) is 0 Å². The molecule has 0 bridgehead atoms. The molecule has 8 heterocycles. The van der Waals surface area contributed by atoms with E-state index >= 15 is 13.2 Å². The molecule has 0 atom stereocenters. The summed E-state index contributed by atoms with van der Waals surface area (Å²) in [7, 11) is 0. The second kappa shape index (κ2) is 20.5. The van der Waals surface area contributed by atoms with Crippen molar-refractivity contribution >= 4 is 87.2 Å². The molecular weight excluding hydrogens is 1150 g/mol. The molecule has 92 heavy (non-hydrogen) atoms.